The molecular weight excluding hydrogens is 308 g/mol. The number of phenols is 1. The summed E-state index contributed by atoms with van der Waals surface area (Å²) in [6, 6.07) is 2.74. The van der Waals surface area contributed by atoms with Gasteiger partial charge < -0.3 is 14.6 Å². The van der Waals surface area contributed by atoms with Crippen molar-refractivity contribution in [1.82, 2.24) is 0 Å². The van der Waals surface area contributed by atoms with E-state index in [1.807, 2.05) is 0 Å². The summed E-state index contributed by atoms with van der Waals surface area (Å²) in [6.07, 6.45) is 0.222. The minimum Gasteiger partial charge on any atom is -0.507 e. The van der Waals surface area contributed by atoms with Gasteiger partial charge in [-0.2, -0.15) is 0 Å². The number of rotatable bonds is 1. The van der Waals surface area contributed by atoms with Gasteiger partial charge in [0.05, 0.1) is 18.1 Å². The number of carbonyl (C=O) groups is 2. The Balaban J connectivity index is 2.19. The van der Waals surface area contributed by atoms with Crippen molar-refractivity contribution < 1.29 is 24.2 Å². The van der Waals surface area contributed by atoms with E-state index in [4.69, 9.17) is 21.1 Å². The largest absolute Gasteiger partial charge is 0.507 e. The fourth-order valence-electron chi connectivity index (χ4n) is 2.70. The molecule has 0 unspecified atom stereocenters. The van der Waals surface area contributed by atoms with E-state index in [0.29, 0.717) is 5.75 Å². The number of ketones is 2. The van der Waals surface area contributed by atoms with Crippen molar-refractivity contribution in [2.45, 2.75) is 31.2 Å². The molecule has 1 atom stereocenters. The molecule has 116 valence electrons. The van der Waals surface area contributed by atoms with E-state index in [2.05, 4.69) is 0 Å². The van der Waals surface area contributed by atoms with Crippen LogP contribution < -0.4 is 4.74 Å². The molecule has 1 N–H and O–H groups in total. The summed E-state index contributed by atoms with van der Waals surface area (Å²) in [4.78, 5) is 25.3. The van der Waals surface area contributed by atoms with Crippen LogP contribution in [-0.4, -0.2) is 34.8 Å². The summed E-state index contributed by atoms with van der Waals surface area (Å²) in [7, 11) is 1.42. The lowest BCUT2D eigenvalue weighted by molar-refractivity contribution is 0.0133. The van der Waals surface area contributed by atoms with Gasteiger partial charge in [0.1, 0.15) is 17.1 Å². The summed E-state index contributed by atoms with van der Waals surface area (Å²) in [5, 5.41) is 9.63. The molecule has 0 aromatic heterocycles. The molecule has 2 aliphatic rings. The number of phenolic OH excluding ortho intramolecular Hbond substituents is 1. The molecule has 1 heterocycles. The normalized spacial score (nSPS) is 22.8. The second-order valence-corrected chi connectivity index (χ2v) is 6.44. The molecule has 0 amide bonds. The third-order valence-electron chi connectivity index (χ3n) is 4.06. The summed E-state index contributed by atoms with van der Waals surface area (Å²) >= 11 is 6.25. The minimum absolute atomic E-state index is 0.0169. The van der Waals surface area contributed by atoms with Crippen molar-refractivity contribution >= 4 is 23.2 Å². The lowest BCUT2D eigenvalue weighted by Gasteiger charge is -2.38. The zero-order valence-corrected chi connectivity index (χ0v) is 13.2. The fraction of sp³-hybridized carbons (Fsp3) is 0.375. The van der Waals surface area contributed by atoms with Crippen molar-refractivity contribution in [1.29, 1.82) is 0 Å². The molecule has 0 bridgehead atoms. The molecule has 1 aliphatic heterocycles. The third kappa shape index (κ3) is 2.00. The lowest BCUT2D eigenvalue weighted by Crippen LogP contribution is -2.43. The van der Waals surface area contributed by atoms with E-state index < -0.39 is 22.5 Å². The van der Waals surface area contributed by atoms with Gasteiger partial charge in [0.15, 0.2) is 11.5 Å². The quantitative estimate of drug-likeness (QED) is 0.805. The van der Waals surface area contributed by atoms with Gasteiger partial charge in [-0.1, -0.05) is 0 Å². The van der Waals surface area contributed by atoms with Gasteiger partial charge >= 0.3 is 0 Å². The molecule has 3 rings (SSSR count). The number of ether oxygens (including phenoxy) is 2. The lowest BCUT2D eigenvalue weighted by atomic mass is 9.81. The van der Waals surface area contributed by atoms with Gasteiger partial charge in [0, 0.05) is 23.6 Å². The van der Waals surface area contributed by atoms with Crippen LogP contribution >= 0.6 is 11.6 Å². The molecule has 1 aliphatic carbocycles. The Morgan fingerprint density at radius 3 is 2.64 bits per heavy atom. The van der Waals surface area contributed by atoms with Crippen LogP contribution in [0.4, 0.5) is 0 Å². The first-order valence-corrected chi connectivity index (χ1v) is 7.26. The zero-order chi connectivity index (χ0) is 16.2. The molecule has 5 nitrogen and oxygen atoms in total. The first kappa shape index (κ1) is 14.9. The minimum atomic E-state index is -0.755. The van der Waals surface area contributed by atoms with Gasteiger partial charge in [-0.15, -0.1) is 11.6 Å². The summed E-state index contributed by atoms with van der Waals surface area (Å²) in [5.41, 5.74) is -0.465. The average Bonchev–Trinajstić information content (AvgIpc) is 2.46. The van der Waals surface area contributed by atoms with Gasteiger partial charge in [-0.25, -0.2) is 0 Å². The first-order chi connectivity index (χ1) is 10.3. The van der Waals surface area contributed by atoms with Crippen LogP contribution in [-0.2, 0) is 4.74 Å². The Hall–Kier alpha value is -2.01. The van der Waals surface area contributed by atoms with E-state index >= 15 is 0 Å². The SMILES string of the molecule is COc1cc(O)c2c(c1)C(=O)C1=C(C[C@@H](Cl)C(C)(C)O1)C2=O. The monoisotopic (exact) mass is 322 g/mol. The zero-order valence-electron chi connectivity index (χ0n) is 12.4. The topological polar surface area (TPSA) is 72.8 Å². The van der Waals surface area contributed by atoms with Crippen molar-refractivity contribution in [2.75, 3.05) is 7.11 Å². The molecule has 6 heteroatoms. The number of Topliss-reactive ketones (excluding diaryl/α,β-unsaturated/α-hetero) is 2. The Kier molecular flexibility index (Phi) is 3.22. The van der Waals surface area contributed by atoms with E-state index in [1.54, 1.807) is 13.8 Å². The third-order valence-corrected chi connectivity index (χ3v) is 4.74. The van der Waals surface area contributed by atoms with Gasteiger partial charge in [0.2, 0.25) is 5.78 Å². The van der Waals surface area contributed by atoms with Crippen molar-refractivity contribution in [2.24, 2.45) is 0 Å². The number of benzene rings is 1. The first-order valence-electron chi connectivity index (χ1n) is 6.83. The van der Waals surface area contributed by atoms with Gasteiger partial charge in [-0.05, 0) is 19.9 Å². The summed E-state index contributed by atoms with van der Waals surface area (Å²) in [5.74, 6) is -0.824. The highest BCUT2D eigenvalue weighted by molar-refractivity contribution is 6.29. The number of hydrogen-bond donors (Lipinski definition) is 1. The highest BCUT2D eigenvalue weighted by Gasteiger charge is 2.45. The Morgan fingerprint density at radius 1 is 1.32 bits per heavy atom. The maximum atomic E-state index is 12.7. The predicted octanol–water partition coefficient (Wildman–Crippen LogP) is 2.84. The molecule has 1 aromatic rings. The standard InChI is InChI=1S/C16H15ClO5/c1-16(2)11(17)6-9-13(19)12-8(14(20)15(9)22-16)4-7(21-3)5-10(12)18/h4-5,11,18H,6H2,1-3H3/t11-/m1/s1. The average molecular weight is 323 g/mol. The second kappa shape index (κ2) is 4.74. The highest BCUT2D eigenvalue weighted by Crippen LogP contribution is 2.43. The molecule has 22 heavy (non-hydrogen) atoms. The molecule has 0 saturated heterocycles. The van der Waals surface area contributed by atoms with E-state index in [-0.39, 0.29) is 34.6 Å². The maximum absolute atomic E-state index is 12.7. The van der Waals surface area contributed by atoms with Crippen LogP contribution in [0.3, 0.4) is 0 Å². The second-order valence-electron chi connectivity index (χ2n) is 5.91. The van der Waals surface area contributed by atoms with Crippen LogP contribution in [0.1, 0.15) is 41.0 Å². The summed E-state index contributed by atoms with van der Waals surface area (Å²) < 4.78 is 10.7. The highest BCUT2D eigenvalue weighted by atomic mass is 35.5. The fourth-order valence-corrected chi connectivity index (χ4v) is 2.89. The van der Waals surface area contributed by atoms with E-state index in [1.165, 1.54) is 19.2 Å². The number of methoxy groups -OCH3 is 1. The summed E-state index contributed by atoms with van der Waals surface area (Å²) in [6.45, 7) is 3.54. The van der Waals surface area contributed by atoms with Crippen LogP contribution in [0.5, 0.6) is 11.5 Å². The number of aromatic hydroxyl groups is 1. The van der Waals surface area contributed by atoms with Crippen molar-refractivity contribution in [3.8, 4) is 11.5 Å². The number of allylic oxidation sites excluding steroid dienone is 2. The smallest absolute Gasteiger partial charge is 0.229 e. The van der Waals surface area contributed by atoms with Crippen LogP contribution in [0, 0.1) is 0 Å². The van der Waals surface area contributed by atoms with E-state index in [0.717, 1.165) is 0 Å². The number of hydrogen-bond acceptors (Lipinski definition) is 5. The van der Waals surface area contributed by atoms with Gasteiger partial charge in [0.25, 0.3) is 0 Å². The number of fused-ring (bicyclic) bond motifs is 1. The molecular formula is C16H15ClO5. The molecule has 0 fully saturated rings. The predicted molar refractivity (Wildman–Crippen MR) is 79.8 cm³/mol. The number of alkyl halides is 1. The van der Waals surface area contributed by atoms with Crippen molar-refractivity contribution in [3.05, 3.63) is 34.6 Å². The molecule has 0 radical (unpaired) electrons. The molecule has 0 spiro atoms. The molecule has 0 saturated carbocycles. The van der Waals surface area contributed by atoms with Crippen LogP contribution in [0.2, 0.25) is 0 Å². The van der Waals surface area contributed by atoms with Crippen molar-refractivity contribution in [3.63, 3.8) is 0 Å². The number of halogens is 1. The Bertz CT molecular complexity index is 732. The van der Waals surface area contributed by atoms with Crippen LogP contribution in [0.25, 0.3) is 0 Å². The molecule has 1 aromatic carbocycles. The number of carbonyl (C=O) groups excluding carboxylic acids is 2. The van der Waals surface area contributed by atoms with Crippen LogP contribution in [0.15, 0.2) is 23.5 Å². The van der Waals surface area contributed by atoms with E-state index in [9.17, 15) is 14.7 Å². The maximum Gasteiger partial charge on any atom is 0.229 e. The van der Waals surface area contributed by atoms with Gasteiger partial charge in [-0.3, -0.25) is 9.59 Å². The Morgan fingerprint density at radius 2 is 2.00 bits per heavy atom. The Labute approximate surface area is 132 Å².